The molecule has 168 valence electrons. The molecule has 3 heterocycles. The molecule has 0 aliphatic carbocycles. The summed E-state index contributed by atoms with van der Waals surface area (Å²) in [6.07, 6.45) is 1.79. The molecule has 1 amide bonds. The molecule has 1 aromatic carbocycles. The van der Waals surface area contributed by atoms with Gasteiger partial charge in [-0.25, -0.2) is 15.0 Å². The zero-order valence-electron chi connectivity index (χ0n) is 18.5. The van der Waals surface area contributed by atoms with Gasteiger partial charge in [0.1, 0.15) is 23.0 Å². The summed E-state index contributed by atoms with van der Waals surface area (Å²) in [5.74, 6) is 1.15. The Bertz CT molecular complexity index is 1340. The smallest absolute Gasteiger partial charge is 0.423 e. The lowest BCUT2D eigenvalue weighted by atomic mass is 9.80. The maximum absolute atomic E-state index is 11.8. The first-order valence-corrected chi connectivity index (χ1v) is 10.3. The number of aryl methyl sites for hydroxylation is 1. The second-order valence-corrected chi connectivity index (χ2v) is 7.83. The van der Waals surface area contributed by atoms with Crippen LogP contribution in [0, 0.1) is 6.92 Å². The first kappa shape index (κ1) is 22.2. The molecular weight excluding hydrogens is 421 g/mol. The molecule has 10 nitrogen and oxygen atoms in total. The zero-order valence-corrected chi connectivity index (χ0v) is 18.5. The van der Waals surface area contributed by atoms with Crippen LogP contribution >= 0.6 is 0 Å². The number of hydrogen-bond acceptors (Lipinski definition) is 8. The van der Waals surface area contributed by atoms with E-state index in [2.05, 4.69) is 15.3 Å². The van der Waals surface area contributed by atoms with Crippen LogP contribution in [-0.4, -0.2) is 56.5 Å². The van der Waals surface area contributed by atoms with Crippen molar-refractivity contribution >= 4 is 35.8 Å². The fourth-order valence-corrected chi connectivity index (χ4v) is 3.56. The molecule has 0 atom stereocenters. The normalized spacial score (nSPS) is 10.9. The third-order valence-corrected chi connectivity index (χ3v) is 5.20. The van der Waals surface area contributed by atoms with Gasteiger partial charge in [-0.2, -0.15) is 0 Å². The summed E-state index contributed by atoms with van der Waals surface area (Å²) in [7, 11) is 2.24. The van der Waals surface area contributed by atoms with Crippen molar-refractivity contribution in [2.75, 3.05) is 24.3 Å². The van der Waals surface area contributed by atoms with Crippen molar-refractivity contribution in [1.82, 2.24) is 19.4 Å². The highest BCUT2D eigenvalue weighted by Gasteiger charge is 2.19. The van der Waals surface area contributed by atoms with Gasteiger partial charge in [-0.15, -0.1) is 0 Å². The van der Waals surface area contributed by atoms with Gasteiger partial charge in [0.15, 0.2) is 5.82 Å². The molecule has 0 aliphatic heterocycles. The quantitative estimate of drug-likeness (QED) is 0.302. The highest BCUT2D eigenvalue weighted by atomic mass is 16.4. The third kappa shape index (κ3) is 4.50. The number of imidazole rings is 1. The molecule has 3 aromatic heterocycles. The van der Waals surface area contributed by atoms with Crippen molar-refractivity contribution < 1.29 is 14.8 Å². The van der Waals surface area contributed by atoms with Crippen LogP contribution in [0.1, 0.15) is 21.6 Å². The minimum Gasteiger partial charge on any atom is -0.423 e. The maximum Gasteiger partial charge on any atom is 0.488 e. The lowest BCUT2D eigenvalue weighted by Gasteiger charge is -2.15. The molecule has 4 aromatic rings. The average Bonchev–Trinajstić information content (AvgIpc) is 3.13. The molecular formula is C22H24BN7O3. The summed E-state index contributed by atoms with van der Waals surface area (Å²) in [5.41, 5.74) is 8.89. The molecule has 5 N–H and O–H groups in total. The van der Waals surface area contributed by atoms with Crippen molar-refractivity contribution in [3.63, 3.8) is 0 Å². The van der Waals surface area contributed by atoms with Crippen molar-refractivity contribution in [3.8, 4) is 11.5 Å². The van der Waals surface area contributed by atoms with Gasteiger partial charge in [0.2, 0.25) is 0 Å². The minimum atomic E-state index is -1.53. The van der Waals surface area contributed by atoms with Crippen LogP contribution in [0.15, 0.2) is 48.7 Å². The van der Waals surface area contributed by atoms with Gasteiger partial charge < -0.3 is 26.0 Å². The fraction of sp³-hybridized carbons (Fsp3) is 0.182. The molecule has 0 fully saturated rings. The summed E-state index contributed by atoms with van der Waals surface area (Å²) in [6, 6.07) is 12.2. The fourth-order valence-electron chi connectivity index (χ4n) is 3.56. The monoisotopic (exact) mass is 445 g/mol. The standard InChI is InChI=1S/C22H24BN7O3/c1-13-19(30-9-5-8-16(20(24)31)22(30)26-13)21-27-17(11-18(28-21)29(2)3)25-12-14-6-4-7-15(10-14)23(32)33/h4-11,32-33H,12H2,1-3H3,(H2,24,31)(H,25,27,28). The molecule has 33 heavy (non-hydrogen) atoms. The van der Waals surface area contributed by atoms with Gasteiger partial charge in [-0.05, 0) is 30.1 Å². The number of benzene rings is 1. The Labute approximate surface area is 190 Å². The summed E-state index contributed by atoms with van der Waals surface area (Å²) < 4.78 is 1.76. The van der Waals surface area contributed by atoms with E-state index >= 15 is 0 Å². The first-order valence-electron chi connectivity index (χ1n) is 10.3. The Balaban J connectivity index is 1.75. The second kappa shape index (κ2) is 8.89. The van der Waals surface area contributed by atoms with E-state index in [1.807, 2.05) is 38.1 Å². The third-order valence-electron chi connectivity index (χ3n) is 5.20. The van der Waals surface area contributed by atoms with E-state index in [1.165, 1.54) is 0 Å². The van der Waals surface area contributed by atoms with Crippen LogP contribution in [0.2, 0.25) is 0 Å². The number of carbonyl (C=O) groups is 1. The molecule has 0 bridgehead atoms. The second-order valence-electron chi connectivity index (χ2n) is 7.83. The van der Waals surface area contributed by atoms with Crippen molar-refractivity contribution in [1.29, 1.82) is 0 Å². The number of nitrogens with one attached hydrogen (secondary N) is 1. The Morgan fingerprint density at radius 2 is 1.94 bits per heavy atom. The Morgan fingerprint density at radius 3 is 2.64 bits per heavy atom. The predicted molar refractivity (Wildman–Crippen MR) is 127 cm³/mol. The van der Waals surface area contributed by atoms with Crippen LogP contribution in [-0.2, 0) is 6.54 Å². The zero-order chi connectivity index (χ0) is 23.7. The number of hydrogen-bond donors (Lipinski definition) is 4. The van der Waals surface area contributed by atoms with E-state index in [0.29, 0.717) is 52.1 Å². The minimum absolute atomic E-state index is 0.319. The molecule has 11 heteroatoms. The van der Waals surface area contributed by atoms with Gasteiger partial charge in [-0.1, -0.05) is 24.3 Å². The Kier molecular flexibility index (Phi) is 5.99. The van der Waals surface area contributed by atoms with E-state index in [0.717, 1.165) is 5.56 Å². The number of fused-ring (bicyclic) bond motifs is 1. The van der Waals surface area contributed by atoms with E-state index < -0.39 is 13.0 Å². The molecule has 0 radical (unpaired) electrons. The van der Waals surface area contributed by atoms with Gasteiger partial charge in [0, 0.05) is 32.9 Å². The van der Waals surface area contributed by atoms with Gasteiger partial charge >= 0.3 is 7.12 Å². The number of nitrogens with two attached hydrogens (primary N) is 1. The summed E-state index contributed by atoms with van der Waals surface area (Å²) in [6.45, 7) is 2.25. The van der Waals surface area contributed by atoms with Crippen molar-refractivity contribution in [2.45, 2.75) is 13.5 Å². The van der Waals surface area contributed by atoms with E-state index in [9.17, 15) is 14.8 Å². The molecule has 0 saturated heterocycles. The van der Waals surface area contributed by atoms with E-state index in [4.69, 9.17) is 10.7 Å². The molecule has 0 unspecified atom stereocenters. The topological polar surface area (TPSA) is 142 Å². The number of nitrogens with zero attached hydrogens (tertiary/aromatic N) is 5. The Hall–Kier alpha value is -3.96. The van der Waals surface area contributed by atoms with E-state index in [-0.39, 0.29) is 0 Å². The van der Waals surface area contributed by atoms with Crippen LogP contribution < -0.4 is 21.4 Å². The van der Waals surface area contributed by atoms with Gasteiger partial charge in [0.25, 0.3) is 5.91 Å². The number of primary amides is 1. The van der Waals surface area contributed by atoms with Gasteiger partial charge in [0.05, 0.1) is 11.3 Å². The lowest BCUT2D eigenvalue weighted by Crippen LogP contribution is -2.30. The number of amides is 1. The largest absolute Gasteiger partial charge is 0.488 e. The summed E-state index contributed by atoms with van der Waals surface area (Å²) in [4.78, 5) is 27.6. The average molecular weight is 445 g/mol. The van der Waals surface area contributed by atoms with Gasteiger partial charge in [-0.3, -0.25) is 9.20 Å². The SMILES string of the molecule is Cc1nc2c(C(N)=O)cccn2c1-c1nc(NCc2cccc(B(O)O)c2)cc(N(C)C)n1. The maximum atomic E-state index is 11.8. The van der Waals surface area contributed by atoms with Crippen molar-refractivity contribution in [2.24, 2.45) is 5.73 Å². The number of pyridine rings is 1. The first-order chi connectivity index (χ1) is 15.7. The molecule has 4 rings (SSSR count). The van der Waals surface area contributed by atoms with Crippen molar-refractivity contribution in [3.05, 3.63) is 65.5 Å². The van der Waals surface area contributed by atoms with Crippen LogP contribution in [0.3, 0.4) is 0 Å². The summed E-state index contributed by atoms with van der Waals surface area (Å²) >= 11 is 0. The number of carbonyl (C=O) groups excluding carboxylic acids is 1. The predicted octanol–water partition coefficient (Wildman–Crippen LogP) is 0.557. The highest BCUT2D eigenvalue weighted by Crippen LogP contribution is 2.27. The van der Waals surface area contributed by atoms with E-state index in [1.54, 1.807) is 40.9 Å². The number of rotatable bonds is 7. The highest BCUT2D eigenvalue weighted by molar-refractivity contribution is 6.58. The van der Waals surface area contributed by atoms with Crippen LogP contribution in [0.5, 0.6) is 0 Å². The van der Waals surface area contributed by atoms with Crippen LogP contribution in [0.4, 0.5) is 11.6 Å². The lowest BCUT2D eigenvalue weighted by molar-refractivity contribution is 0.100. The number of anilines is 2. The van der Waals surface area contributed by atoms with Crippen LogP contribution in [0.25, 0.3) is 17.2 Å². The summed E-state index contributed by atoms with van der Waals surface area (Å²) in [5, 5.41) is 22.1. The Morgan fingerprint density at radius 1 is 1.15 bits per heavy atom. The molecule has 0 spiro atoms. The molecule has 0 aliphatic rings. The number of aromatic nitrogens is 4. The molecule has 0 saturated carbocycles.